The van der Waals surface area contributed by atoms with Crippen LogP contribution >= 0.6 is 11.8 Å². The van der Waals surface area contributed by atoms with Gasteiger partial charge in [0.1, 0.15) is 0 Å². The van der Waals surface area contributed by atoms with E-state index in [-0.39, 0.29) is 0 Å². The first-order valence-electron chi connectivity index (χ1n) is 3.11. The van der Waals surface area contributed by atoms with Crippen LogP contribution in [0.1, 0.15) is 27.2 Å². The topological polar surface area (TPSA) is 0 Å². The molecule has 0 rings (SSSR count). The quantitative estimate of drug-likeness (QED) is 0.569. The maximum Gasteiger partial charge on any atom is -0.00190 e. The standard InChI is InChI=1S/C7H16S/c1-5-7(2,3)6-8-4/h5-6H2,1-4H3. The van der Waals surface area contributed by atoms with Crippen molar-refractivity contribution < 1.29 is 0 Å². The van der Waals surface area contributed by atoms with E-state index >= 15 is 0 Å². The number of rotatable bonds is 3. The van der Waals surface area contributed by atoms with Crippen molar-refractivity contribution in [2.45, 2.75) is 27.2 Å². The lowest BCUT2D eigenvalue weighted by Gasteiger charge is -2.20. The van der Waals surface area contributed by atoms with Crippen LogP contribution < -0.4 is 0 Å². The van der Waals surface area contributed by atoms with E-state index in [0.717, 1.165) is 0 Å². The lowest BCUT2D eigenvalue weighted by molar-refractivity contribution is 0.408. The van der Waals surface area contributed by atoms with Gasteiger partial charge in [0.05, 0.1) is 0 Å². The van der Waals surface area contributed by atoms with Gasteiger partial charge in [0.25, 0.3) is 0 Å². The van der Waals surface area contributed by atoms with Crippen molar-refractivity contribution in [1.82, 2.24) is 0 Å². The molecule has 0 N–H and O–H groups in total. The summed E-state index contributed by atoms with van der Waals surface area (Å²) in [5.41, 5.74) is 0.555. The van der Waals surface area contributed by atoms with Crippen molar-refractivity contribution in [2.75, 3.05) is 12.0 Å². The number of thioether (sulfide) groups is 1. The van der Waals surface area contributed by atoms with Crippen molar-refractivity contribution in [3.8, 4) is 0 Å². The zero-order valence-electron chi connectivity index (χ0n) is 6.32. The van der Waals surface area contributed by atoms with Crippen LogP contribution in [0.4, 0.5) is 0 Å². The molecule has 8 heavy (non-hydrogen) atoms. The second kappa shape index (κ2) is 3.39. The van der Waals surface area contributed by atoms with Crippen LogP contribution in [0.3, 0.4) is 0 Å². The molecule has 0 fully saturated rings. The molecular formula is C7H16S. The van der Waals surface area contributed by atoms with Crippen LogP contribution in [0.2, 0.25) is 0 Å². The molecule has 0 aliphatic carbocycles. The molecule has 0 radical (unpaired) electrons. The average molecular weight is 132 g/mol. The van der Waals surface area contributed by atoms with Crippen LogP contribution in [0, 0.1) is 5.41 Å². The van der Waals surface area contributed by atoms with Gasteiger partial charge in [-0.25, -0.2) is 0 Å². The summed E-state index contributed by atoms with van der Waals surface area (Å²) in [6, 6.07) is 0. The van der Waals surface area contributed by atoms with Gasteiger partial charge in [0.15, 0.2) is 0 Å². The molecule has 0 heterocycles. The molecule has 0 amide bonds. The Labute approximate surface area is 57.1 Å². The minimum atomic E-state index is 0.555. The van der Waals surface area contributed by atoms with Crippen molar-refractivity contribution in [3.05, 3.63) is 0 Å². The first kappa shape index (κ1) is 8.35. The summed E-state index contributed by atoms with van der Waals surface area (Å²) in [5, 5.41) is 0. The van der Waals surface area contributed by atoms with Crippen LogP contribution in [-0.2, 0) is 0 Å². The monoisotopic (exact) mass is 132 g/mol. The molecule has 0 saturated heterocycles. The Kier molecular flexibility index (Phi) is 3.54. The van der Waals surface area contributed by atoms with Crippen molar-refractivity contribution >= 4 is 11.8 Å². The normalized spacial score (nSPS) is 12.0. The Morgan fingerprint density at radius 3 is 2.00 bits per heavy atom. The summed E-state index contributed by atoms with van der Waals surface area (Å²) >= 11 is 1.93. The minimum absolute atomic E-state index is 0.555. The highest BCUT2D eigenvalue weighted by atomic mass is 32.2. The second-order valence-corrected chi connectivity index (χ2v) is 3.82. The van der Waals surface area contributed by atoms with Crippen LogP contribution in [0.25, 0.3) is 0 Å². The molecule has 0 spiro atoms. The fourth-order valence-corrected chi connectivity index (χ4v) is 1.48. The number of hydrogen-bond donors (Lipinski definition) is 0. The summed E-state index contributed by atoms with van der Waals surface area (Å²) in [4.78, 5) is 0. The molecule has 0 bridgehead atoms. The molecule has 0 aliphatic rings. The predicted octanol–water partition coefficient (Wildman–Crippen LogP) is 2.79. The van der Waals surface area contributed by atoms with E-state index < -0.39 is 0 Å². The molecule has 0 aromatic carbocycles. The molecule has 0 aliphatic heterocycles. The predicted molar refractivity (Wildman–Crippen MR) is 42.5 cm³/mol. The summed E-state index contributed by atoms with van der Waals surface area (Å²) in [6.07, 6.45) is 3.45. The van der Waals surface area contributed by atoms with E-state index in [9.17, 15) is 0 Å². The Balaban J connectivity index is 3.37. The Bertz CT molecular complexity index is 57.4. The van der Waals surface area contributed by atoms with E-state index in [1.807, 2.05) is 11.8 Å². The fourth-order valence-electron chi connectivity index (χ4n) is 0.493. The van der Waals surface area contributed by atoms with Crippen molar-refractivity contribution in [2.24, 2.45) is 5.41 Å². The SMILES string of the molecule is CCC(C)(C)CSC. The highest BCUT2D eigenvalue weighted by Gasteiger charge is 2.12. The van der Waals surface area contributed by atoms with Gasteiger partial charge < -0.3 is 0 Å². The summed E-state index contributed by atoms with van der Waals surface area (Å²) < 4.78 is 0. The van der Waals surface area contributed by atoms with E-state index in [2.05, 4.69) is 27.0 Å². The fraction of sp³-hybridized carbons (Fsp3) is 1.00. The van der Waals surface area contributed by atoms with Gasteiger partial charge >= 0.3 is 0 Å². The minimum Gasteiger partial charge on any atom is -0.165 e. The zero-order chi connectivity index (χ0) is 6.62. The third-order valence-corrected chi connectivity index (χ3v) is 2.56. The van der Waals surface area contributed by atoms with E-state index in [1.54, 1.807) is 0 Å². The van der Waals surface area contributed by atoms with Gasteiger partial charge in [-0.15, -0.1) is 0 Å². The van der Waals surface area contributed by atoms with Gasteiger partial charge in [-0.2, -0.15) is 11.8 Å². The lowest BCUT2D eigenvalue weighted by Crippen LogP contribution is -2.12. The van der Waals surface area contributed by atoms with Crippen molar-refractivity contribution in [3.63, 3.8) is 0 Å². The van der Waals surface area contributed by atoms with E-state index in [1.165, 1.54) is 12.2 Å². The summed E-state index contributed by atoms with van der Waals surface area (Å²) in [5.74, 6) is 1.28. The molecule has 0 saturated carbocycles. The van der Waals surface area contributed by atoms with Gasteiger partial charge in [0.2, 0.25) is 0 Å². The molecule has 0 atom stereocenters. The third kappa shape index (κ3) is 3.36. The van der Waals surface area contributed by atoms with Crippen LogP contribution in [0.15, 0.2) is 0 Å². The maximum atomic E-state index is 2.31. The molecular weight excluding hydrogens is 116 g/mol. The highest BCUT2D eigenvalue weighted by molar-refractivity contribution is 7.98. The summed E-state index contributed by atoms with van der Waals surface area (Å²) in [6.45, 7) is 6.86. The first-order chi connectivity index (χ1) is 3.62. The van der Waals surface area contributed by atoms with Crippen LogP contribution in [0.5, 0.6) is 0 Å². The third-order valence-electron chi connectivity index (χ3n) is 1.49. The Morgan fingerprint density at radius 2 is 1.88 bits per heavy atom. The van der Waals surface area contributed by atoms with E-state index in [0.29, 0.717) is 5.41 Å². The molecule has 50 valence electrons. The van der Waals surface area contributed by atoms with Gasteiger partial charge in [0, 0.05) is 0 Å². The Hall–Kier alpha value is 0.350. The number of hydrogen-bond acceptors (Lipinski definition) is 1. The highest BCUT2D eigenvalue weighted by Crippen LogP contribution is 2.23. The average Bonchev–Trinajstić information content (AvgIpc) is 1.67. The Morgan fingerprint density at radius 1 is 1.38 bits per heavy atom. The van der Waals surface area contributed by atoms with Crippen LogP contribution in [-0.4, -0.2) is 12.0 Å². The van der Waals surface area contributed by atoms with Crippen molar-refractivity contribution in [1.29, 1.82) is 0 Å². The second-order valence-electron chi connectivity index (χ2n) is 2.95. The maximum absolute atomic E-state index is 2.31. The first-order valence-corrected chi connectivity index (χ1v) is 4.50. The van der Waals surface area contributed by atoms with Gasteiger partial charge in [-0.05, 0) is 17.4 Å². The van der Waals surface area contributed by atoms with E-state index in [4.69, 9.17) is 0 Å². The molecule has 1 heteroatoms. The lowest BCUT2D eigenvalue weighted by atomic mass is 9.93. The molecule has 0 aromatic rings. The molecule has 0 unspecified atom stereocenters. The summed E-state index contributed by atoms with van der Waals surface area (Å²) in [7, 11) is 0. The largest absolute Gasteiger partial charge is 0.165 e. The zero-order valence-corrected chi connectivity index (χ0v) is 7.14. The molecule has 0 aromatic heterocycles. The van der Waals surface area contributed by atoms with Gasteiger partial charge in [-0.3, -0.25) is 0 Å². The van der Waals surface area contributed by atoms with Gasteiger partial charge in [-0.1, -0.05) is 27.2 Å². The molecule has 0 nitrogen and oxygen atoms in total. The smallest absolute Gasteiger partial charge is 0.00190 e.